The summed E-state index contributed by atoms with van der Waals surface area (Å²) in [5, 5.41) is 7.41. The van der Waals surface area contributed by atoms with E-state index < -0.39 is 0 Å². The highest BCUT2D eigenvalue weighted by Gasteiger charge is 2.16. The average molecular weight is 378 g/mol. The first-order valence-electron chi connectivity index (χ1n) is 9.24. The van der Waals surface area contributed by atoms with E-state index in [-0.39, 0.29) is 11.7 Å². The molecule has 2 aromatic rings. The molecule has 0 aliphatic carbocycles. The molecule has 1 heterocycles. The van der Waals surface area contributed by atoms with E-state index in [1.165, 1.54) is 12.1 Å². The maximum Gasteiger partial charge on any atom is 0.271 e. The lowest BCUT2D eigenvalue weighted by Gasteiger charge is -2.09. The number of halogens is 1. The summed E-state index contributed by atoms with van der Waals surface area (Å²) in [4.78, 5) is 12.4. The fourth-order valence-corrected chi connectivity index (χ4v) is 2.97. The van der Waals surface area contributed by atoms with Gasteiger partial charge in [-0.15, -0.1) is 0 Å². The molecule has 4 nitrogen and oxygen atoms in total. The van der Waals surface area contributed by atoms with E-state index in [4.69, 9.17) is 0 Å². The third kappa shape index (κ3) is 6.16. The predicted molar refractivity (Wildman–Crippen MR) is 107 cm³/mol. The first-order chi connectivity index (χ1) is 12.5. The Balaban J connectivity index is 2.06. The smallest absolute Gasteiger partial charge is 0.271 e. The molecule has 1 N–H and O–H groups in total. The van der Waals surface area contributed by atoms with Crippen LogP contribution in [0.2, 0.25) is 0 Å². The van der Waals surface area contributed by atoms with Crippen molar-refractivity contribution in [3.8, 4) is 11.3 Å². The number of amides is 1. The van der Waals surface area contributed by atoms with Gasteiger partial charge in [0.2, 0.25) is 0 Å². The van der Waals surface area contributed by atoms with Gasteiger partial charge in [-0.2, -0.15) is 17.7 Å². The molecular weight excluding hydrogens is 349 g/mol. The van der Waals surface area contributed by atoms with Gasteiger partial charge in [0.1, 0.15) is 5.82 Å². The Morgan fingerprint density at radius 1 is 1.19 bits per heavy atom. The van der Waals surface area contributed by atoms with Crippen molar-refractivity contribution in [1.82, 2.24) is 15.1 Å². The molecule has 1 aromatic heterocycles. The van der Waals surface area contributed by atoms with Gasteiger partial charge in [0.05, 0.1) is 5.69 Å². The van der Waals surface area contributed by atoms with Crippen molar-refractivity contribution in [2.24, 2.45) is 5.92 Å². The van der Waals surface area contributed by atoms with Crippen LogP contribution in [0.5, 0.6) is 0 Å². The largest absolute Gasteiger partial charge is 0.351 e. The Labute approximate surface area is 160 Å². The summed E-state index contributed by atoms with van der Waals surface area (Å²) in [5.41, 5.74) is 2.09. The maximum absolute atomic E-state index is 13.2. The van der Waals surface area contributed by atoms with Crippen LogP contribution in [0.1, 0.15) is 50.0 Å². The fourth-order valence-electron chi connectivity index (χ4n) is 2.75. The summed E-state index contributed by atoms with van der Waals surface area (Å²) in [6.45, 7) is 5.54. The number of hydrogen-bond acceptors (Lipinski definition) is 3. The molecule has 1 amide bonds. The molecule has 2 rings (SSSR count). The minimum absolute atomic E-state index is 0.162. The van der Waals surface area contributed by atoms with Crippen LogP contribution in [0.25, 0.3) is 11.3 Å². The van der Waals surface area contributed by atoms with Crippen LogP contribution in [0.4, 0.5) is 4.39 Å². The first-order valence-corrected chi connectivity index (χ1v) is 9.87. The fraction of sp³-hybridized carbons (Fsp3) is 0.500. The summed E-state index contributed by atoms with van der Waals surface area (Å²) in [7, 11) is 0. The Hall–Kier alpha value is -1.82. The second-order valence-electron chi connectivity index (χ2n) is 6.89. The summed E-state index contributed by atoms with van der Waals surface area (Å²) in [6, 6.07) is 8.06. The third-order valence-corrected chi connectivity index (χ3v) is 4.38. The molecule has 26 heavy (non-hydrogen) atoms. The second-order valence-corrected chi connectivity index (χ2v) is 7.34. The number of benzene rings is 1. The van der Waals surface area contributed by atoms with Crippen molar-refractivity contribution >= 4 is 18.5 Å². The first kappa shape index (κ1) is 20.5. The van der Waals surface area contributed by atoms with E-state index in [0.717, 1.165) is 42.7 Å². The highest BCUT2D eigenvalue weighted by molar-refractivity contribution is 7.80. The number of carbonyl (C=O) groups is 1. The molecule has 0 unspecified atom stereocenters. The number of nitrogens with zero attached hydrogens (tertiary/aromatic N) is 2. The topological polar surface area (TPSA) is 46.9 Å². The van der Waals surface area contributed by atoms with Crippen LogP contribution < -0.4 is 5.32 Å². The Kier molecular flexibility index (Phi) is 8.16. The lowest BCUT2D eigenvalue weighted by molar-refractivity contribution is 0.0947. The highest BCUT2D eigenvalue weighted by Crippen LogP contribution is 2.22. The third-order valence-electron chi connectivity index (χ3n) is 4.06. The van der Waals surface area contributed by atoms with E-state index in [1.54, 1.807) is 18.2 Å². The number of unbranched alkanes of at least 4 members (excludes halogenated alkanes) is 3. The number of hydrogen-bond donors (Lipinski definition) is 2. The molecule has 0 spiro atoms. The summed E-state index contributed by atoms with van der Waals surface area (Å²) < 4.78 is 15.0. The van der Waals surface area contributed by atoms with Crippen molar-refractivity contribution in [2.75, 3.05) is 12.3 Å². The monoisotopic (exact) mass is 377 g/mol. The summed E-state index contributed by atoms with van der Waals surface area (Å²) in [5.74, 6) is 0.854. The van der Waals surface area contributed by atoms with Gasteiger partial charge >= 0.3 is 0 Å². The Morgan fingerprint density at radius 2 is 1.88 bits per heavy atom. The molecule has 0 aliphatic rings. The van der Waals surface area contributed by atoms with Crippen molar-refractivity contribution in [2.45, 2.75) is 46.1 Å². The lowest BCUT2D eigenvalue weighted by atomic mass is 10.1. The van der Waals surface area contributed by atoms with Crippen LogP contribution in [0.3, 0.4) is 0 Å². The molecule has 0 aliphatic heterocycles. The number of nitrogens with one attached hydrogen (secondary N) is 1. The summed E-state index contributed by atoms with van der Waals surface area (Å²) >= 11 is 4.20. The predicted octanol–water partition coefficient (Wildman–Crippen LogP) is 4.57. The zero-order valence-corrected chi connectivity index (χ0v) is 16.4. The van der Waals surface area contributed by atoms with Gasteiger partial charge in [-0.25, -0.2) is 4.39 Å². The van der Waals surface area contributed by atoms with E-state index in [2.05, 4.69) is 36.9 Å². The minimum atomic E-state index is -0.278. The minimum Gasteiger partial charge on any atom is -0.351 e. The van der Waals surface area contributed by atoms with E-state index in [1.807, 2.05) is 4.68 Å². The van der Waals surface area contributed by atoms with Crippen LogP contribution in [-0.4, -0.2) is 28.0 Å². The van der Waals surface area contributed by atoms with Gasteiger partial charge in [-0.1, -0.05) is 26.7 Å². The van der Waals surface area contributed by atoms with E-state index >= 15 is 0 Å². The number of carbonyl (C=O) groups excluding carboxylic acids is 1. The van der Waals surface area contributed by atoms with Crippen LogP contribution in [-0.2, 0) is 6.54 Å². The van der Waals surface area contributed by atoms with Crippen LogP contribution >= 0.6 is 12.6 Å². The molecule has 0 atom stereocenters. The molecular formula is C20H28FN3OS. The second kappa shape index (κ2) is 10.4. The molecule has 0 fully saturated rings. The molecule has 0 saturated heterocycles. The number of thiol groups is 1. The van der Waals surface area contributed by atoms with Gasteiger partial charge in [0.25, 0.3) is 5.91 Å². The van der Waals surface area contributed by atoms with Crippen molar-refractivity contribution in [3.63, 3.8) is 0 Å². The molecule has 0 bridgehead atoms. The van der Waals surface area contributed by atoms with Gasteiger partial charge in [0, 0.05) is 18.7 Å². The van der Waals surface area contributed by atoms with Crippen LogP contribution in [0.15, 0.2) is 30.3 Å². The zero-order chi connectivity index (χ0) is 18.9. The van der Waals surface area contributed by atoms with Crippen LogP contribution in [0, 0.1) is 11.7 Å². The zero-order valence-electron chi connectivity index (χ0n) is 15.5. The van der Waals surface area contributed by atoms with E-state index in [0.29, 0.717) is 24.7 Å². The normalized spacial score (nSPS) is 11.1. The molecule has 6 heteroatoms. The summed E-state index contributed by atoms with van der Waals surface area (Å²) in [6.07, 6.45) is 4.29. The molecule has 0 radical (unpaired) electrons. The van der Waals surface area contributed by atoms with Gasteiger partial charge in [0.15, 0.2) is 5.69 Å². The SMILES string of the molecule is CC(C)Cn1nc(C(=O)NCCCCCCS)cc1-c1ccc(F)cc1. The molecule has 142 valence electrons. The van der Waals surface area contributed by atoms with Crippen molar-refractivity contribution < 1.29 is 9.18 Å². The van der Waals surface area contributed by atoms with Gasteiger partial charge < -0.3 is 5.32 Å². The van der Waals surface area contributed by atoms with Gasteiger partial charge in [-0.05, 0) is 54.8 Å². The Bertz CT molecular complexity index is 698. The Morgan fingerprint density at radius 3 is 2.54 bits per heavy atom. The number of rotatable bonds is 10. The lowest BCUT2D eigenvalue weighted by Crippen LogP contribution is -2.25. The maximum atomic E-state index is 13.2. The highest BCUT2D eigenvalue weighted by atomic mass is 32.1. The standard InChI is InChI=1S/C20H28FN3OS/c1-15(2)14-24-19(16-7-9-17(21)10-8-16)13-18(23-24)20(25)22-11-5-3-4-6-12-26/h7-10,13,15,26H,3-6,11-12,14H2,1-2H3,(H,22,25). The van der Waals surface area contributed by atoms with Crippen molar-refractivity contribution in [1.29, 1.82) is 0 Å². The quantitative estimate of drug-likeness (QED) is 0.471. The molecule has 1 aromatic carbocycles. The molecule has 0 saturated carbocycles. The number of aromatic nitrogens is 2. The van der Waals surface area contributed by atoms with Gasteiger partial charge in [-0.3, -0.25) is 9.48 Å². The average Bonchev–Trinajstić information content (AvgIpc) is 3.01. The van der Waals surface area contributed by atoms with E-state index in [9.17, 15) is 9.18 Å². The van der Waals surface area contributed by atoms with Crippen molar-refractivity contribution in [3.05, 3.63) is 41.8 Å².